The van der Waals surface area contributed by atoms with E-state index in [2.05, 4.69) is 25.1 Å². The lowest BCUT2D eigenvalue weighted by Gasteiger charge is -2.27. The van der Waals surface area contributed by atoms with Crippen molar-refractivity contribution in [3.05, 3.63) is 6.33 Å². The van der Waals surface area contributed by atoms with Gasteiger partial charge >= 0.3 is 19.6 Å². The average molecular weight is 626 g/mol. The van der Waals surface area contributed by atoms with Gasteiger partial charge in [0.05, 0.1) is 39.4 Å². The minimum atomic E-state index is -4.10. The third-order valence-corrected chi connectivity index (χ3v) is 9.70. The number of aliphatic hydroxyl groups is 1. The fourth-order valence-corrected chi connectivity index (χ4v) is 6.52. The largest absolute Gasteiger partial charge is 0.479 e. The molecule has 3 heterocycles. The Bertz CT molecular complexity index is 1330. The second-order valence-corrected chi connectivity index (χ2v) is 13.4. The predicted molar refractivity (Wildman–Crippen MR) is 151 cm³/mol. The number of aromatic nitrogens is 4. The van der Waals surface area contributed by atoms with Crippen molar-refractivity contribution in [2.75, 3.05) is 32.7 Å². The summed E-state index contributed by atoms with van der Waals surface area (Å²) in [6.07, 6.45) is 2.78. The number of imidazole rings is 1. The second-order valence-electron chi connectivity index (χ2n) is 11.5. The molecular formula is C26H40N7O9P. The number of anilines is 1. The zero-order valence-corrected chi connectivity index (χ0v) is 25.6. The molecule has 6 atom stereocenters. The van der Waals surface area contributed by atoms with Gasteiger partial charge in [-0.25, -0.2) is 15.2 Å². The molecule has 0 bridgehead atoms. The Morgan fingerprint density at radius 3 is 2.21 bits per heavy atom. The monoisotopic (exact) mass is 625 g/mol. The van der Waals surface area contributed by atoms with E-state index in [4.69, 9.17) is 29.2 Å². The lowest BCUT2D eigenvalue weighted by molar-refractivity contribution is -0.146. The standard InChI is InChI=1S/C26H40N7O9P/c1-13-20(34)18(42-23(13)33-12-28-19-21(33)29-26(27)30-22(19)38-4)11-41-43(37,31-14(2)24(35)39-9-16-5-6-16)32-15(3)25(36)40-10-17-7-8-17/h12-18,20,23,34H,5-11H2,1-4H3,(H2,27,29,30)(H2,31,32,37)/t13-,14-,15-,18+,20-,23+/m0/s1. The molecule has 43 heavy (non-hydrogen) atoms. The van der Waals surface area contributed by atoms with Gasteiger partial charge in [0.15, 0.2) is 11.2 Å². The van der Waals surface area contributed by atoms with Crippen LogP contribution in [0, 0.1) is 17.8 Å². The van der Waals surface area contributed by atoms with Gasteiger partial charge in [-0.15, -0.1) is 0 Å². The number of ether oxygens (including phenoxy) is 4. The molecule has 238 valence electrons. The number of nitrogen functional groups attached to an aromatic ring is 1. The molecule has 0 radical (unpaired) electrons. The molecule has 16 nitrogen and oxygen atoms in total. The minimum absolute atomic E-state index is 0.0233. The van der Waals surface area contributed by atoms with E-state index < -0.39 is 56.0 Å². The summed E-state index contributed by atoms with van der Waals surface area (Å²) in [6, 6.07) is -2.05. The van der Waals surface area contributed by atoms with Crippen molar-refractivity contribution in [2.24, 2.45) is 17.8 Å². The van der Waals surface area contributed by atoms with Crippen LogP contribution in [0.1, 0.15) is 52.7 Å². The van der Waals surface area contributed by atoms with E-state index in [1.807, 2.05) is 0 Å². The van der Waals surface area contributed by atoms with Gasteiger partial charge in [-0.3, -0.25) is 18.7 Å². The van der Waals surface area contributed by atoms with Crippen LogP contribution < -0.4 is 20.6 Å². The maximum atomic E-state index is 14.0. The predicted octanol–water partition coefficient (Wildman–Crippen LogP) is 1.30. The van der Waals surface area contributed by atoms with Gasteiger partial charge in [-0.2, -0.15) is 9.97 Å². The molecular weight excluding hydrogens is 585 g/mol. The number of aliphatic hydroxyl groups excluding tert-OH is 1. The Morgan fingerprint density at radius 1 is 1.09 bits per heavy atom. The zero-order valence-electron chi connectivity index (χ0n) is 24.7. The number of methoxy groups -OCH3 is 1. The number of carbonyl (C=O) groups excluding carboxylic acids is 2. The van der Waals surface area contributed by atoms with Crippen LogP contribution in [0.25, 0.3) is 11.2 Å². The lowest BCUT2D eigenvalue weighted by Crippen LogP contribution is -2.43. The molecule has 17 heteroatoms. The maximum absolute atomic E-state index is 14.0. The van der Waals surface area contributed by atoms with E-state index in [0.717, 1.165) is 25.7 Å². The molecule has 5 rings (SSSR count). The van der Waals surface area contributed by atoms with Crippen LogP contribution in [0.5, 0.6) is 5.88 Å². The molecule has 3 aliphatic rings. The third-order valence-electron chi connectivity index (χ3n) is 7.73. The van der Waals surface area contributed by atoms with Crippen molar-refractivity contribution in [1.82, 2.24) is 29.7 Å². The molecule has 0 unspecified atom stereocenters. The molecule has 2 aliphatic carbocycles. The quantitative estimate of drug-likeness (QED) is 0.162. The van der Waals surface area contributed by atoms with E-state index in [-0.39, 0.29) is 18.4 Å². The highest BCUT2D eigenvalue weighted by Gasteiger charge is 2.44. The molecule has 2 aromatic rings. The summed E-state index contributed by atoms with van der Waals surface area (Å²) in [5, 5.41) is 16.4. The molecule has 0 aromatic carbocycles. The van der Waals surface area contributed by atoms with Gasteiger partial charge in [-0.05, 0) is 51.4 Å². The number of hydrogen-bond donors (Lipinski definition) is 4. The fourth-order valence-electron chi connectivity index (χ4n) is 4.71. The topological polar surface area (TPSA) is 211 Å². The normalized spacial score (nSPS) is 25.4. The van der Waals surface area contributed by atoms with Crippen LogP contribution in [0.3, 0.4) is 0 Å². The molecule has 2 saturated carbocycles. The Kier molecular flexibility index (Phi) is 9.54. The third kappa shape index (κ3) is 7.62. The van der Waals surface area contributed by atoms with Crippen LogP contribution in [-0.4, -0.2) is 87.8 Å². The summed E-state index contributed by atoms with van der Waals surface area (Å²) < 4.78 is 43.5. The van der Waals surface area contributed by atoms with E-state index in [9.17, 15) is 19.3 Å². The van der Waals surface area contributed by atoms with Crippen molar-refractivity contribution < 1.29 is 42.7 Å². The summed E-state index contributed by atoms with van der Waals surface area (Å²) in [5.41, 5.74) is 6.56. The molecule has 0 amide bonds. The zero-order chi connectivity index (χ0) is 30.9. The Hall–Kier alpha value is -2.88. The highest BCUT2D eigenvalue weighted by Crippen LogP contribution is 2.43. The lowest BCUT2D eigenvalue weighted by atomic mass is 10.0. The first-order valence-electron chi connectivity index (χ1n) is 14.5. The van der Waals surface area contributed by atoms with Crippen molar-refractivity contribution in [3.8, 4) is 5.88 Å². The van der Waals surface area contributed by atoms with Crippen molar-refractivity contribution in [1.29, 1.82) is 0 Å². The summed E-state index contributed by atoms with van der Waals surface area (Å²) in [7, 11) is -2.67. The highest BCUT2D eigenvalue weighted by atomic mass is 31.2. The van der Waals surface area contributed by atoms with Gasteiger partial charge in [-0.1, -0.05) is 6.92 Å². The molecule has 1 saturated heterocycles. The second kappa shape index (κ2) is 13.0. The van der Waals surface area contributed by atoms with E-state index in [0.29, 0.717) is 36.2 Å². The number of nitrogens with one attached hydrogen (secondary N) is 2. The summed E-state index contributed by atoms with van der Waals surface area (Å²) >= 11 is 0. The van der Waals surface area contributed by atoms with Gasteiger partial charge < -0.3 is 34.3 Å². The van der Waals surface area contributed by atoms with Gasteiger partial charge in [0.25, 0.3) is 0 Å². The summed E-state index contributed by atoms with van der Waals surface area (Å²) in [6.45, 7) is 5.00. The smallest absolute Gasteiger partial charge is 0.342 e. The number of nitrogens with two attached hydrogens (primary N) is 1. The molecule has 2 aromatic heterocycles. The summed E-state index contributed by atoms with van der Waals surface area (Å²) in [5.74, 6) is -0.796. The van der Waals surface area contributed by atoms with Crippen LogP contribution in [0.2, 0.25) is 0 Å². The van der Waals surface area contributed by atoms with Crippen LogP contribution in [-0.2, 0) is 32.9 Å². The fraction of sp³-hybridized carbons (Fsp3) is 0.731. The molecule has 3 fully saturated rings. The van der Waals surface area contributed by atoms with Gasteiger partial charge in [0.2, 0.25) is 11.8 Å². The minimum Gasteiger partial charge on any atom is -0.479 e. The van der Waals surface area contributed by atoms with E-state index in [1.165, 1.54) is 27.3 Å². The number of carbonyl (C=O) groups is 2. The Balaban J connectivity index is 1.27. The van der Waals surface area contributed by atoms with Crippen molar-refractivity contribution in [3.63, 3.8) is 0 Å². The first-order valence-corrected chi connectivity index (χ1v) is 16.1. The number of rotatable bonds is 15. The molecule has 1 aliphatic heterocycles. The van der Waals surface area contributed by atoms with E-state index in [1.54, 1.807) is 11.5 Å². The van der Waals surface area contributed by atoms with Gasteiger partial charge in [0.1, 0.15) is 24.4 Å². The highest BCUT2D eigenvalue weighted by molar-refractivity contribution is 7.54. The van der Waals surface area contributed by atoms with E-state index >= 15 is 0 Å². The van der Waals surface area contributed by atoms with Gasteiger partial charge in [0, 0.05) is 5.92 Å². The first-order chi connectivity index (χ1) is 20.5. The number of esters is 2. The number of hydrogen-bond acceptors (Lipinski definition) is 13. The van der Waals surface area contributed by atoms with Crippen LogP contribution in [0.4, 0.5) is 5.95 Å². The van der Waals surface area contributed by atoms with Crippen molar-refractivity contribution >= 4 is 36.7 Å². The maximum Gasteiger partial charge on any atom is 0.342 e. The summed E-state index contributed by atoms with van der Waals surface area (Å²) in [4.78, 5) is 37.8. The molecule has 0 spiro atoms. The van der Waals surface area contributed by atoms with Crippen LogP contribution >= 0.6 is 7.67 Å². The van der Waals surface area contributed by atoms with Crippen molar-refractivity contribution in [2.45, 2.75) is 77.0 Å². The number of nitrogens with zero attached hydrogens (tertiary/aromatic N) is 4. The Morgan fingerprint density at radius 2 is 1.67 bits per heavy atom. The first kappa shape index (κ1) is 31.5. The van der Waals surface area contributed by atoms with Crippen LogP contribution in [0.15, 0.2) is 6.33 Å². The molecule has 5 N–H and O–H groups in total. The SMILES string of the molecule is COc1nc(N)nc2c1ncn2[C@@H]1O[C@H](COP(=O)(N[C@@H](C)C(=O)OCC2CC2)N[C@@H](C)C(=O)OCC2CC2)[C@@H](O)[C@@H]1C. The average Bonchev–Trinajstić information content (AvgIpc) is 3.91. The number of fused-ring (bicyclic) bond motifs is 1. The Labute approximate surface area is 248 Å².